The van der Waals surface area contributed by atoms with Gasteiger partial charge in [-0.05, 0) is 41.8 Å². The molecule has 1 N–H and O–H groups in total. The maximum Gasteiger partial charge on any atom is 0.224 e. The van der Waals surface area contributed by atoms with Crippen molar-refractivity contribution in [3.63, 3.8) is 0 Å². The average Bonchev–Trinajstić information content (AvgIpc) is 2.51. The molecular weight excluding hydrogens is 288 g/mol. The topological polar surface area (TPSA) is 38.3 Å². The van der Waals surface area contributed by atoms with Gasteiger partial charge in [-0.1, -0.05) is 18.2 Å². The highest BCUT2D eigenvalue weighted by Gasteiger charge is 2.06. The Morgan fingerprint density at radius 3 is 2.64 bits per heavy atom. The molecule has 5 heteroatoms. The first kappa shape index (κ1) is 15.9. The standard InChI is InChI=1S/C17H17F2NO2/c1-22-14-4-2-3-13(9-14)11-17(21)20-8-7-12-5-6-15(18)16(19)10-12/h2-6,9-10H,7-8,11H2,1H3,(H,20,21). The zero-order valence-electron chi connectivity index (χ0n) is 12.2. The van der Waals surface area contributed by atoms with Gasteiger partial charge in [0.15, 0.2) is 11.6 Å². The summed E-state index contributed by atoms with van der Waals surface area (Å²) in [5.41, 5.74) is 1.49. The minimum atomic E-state index is -0.875. The Labute approximate surface area is 127 Å². The number of ether oxygens (including phenoxy) is 1. The van der Waals surface area contributed by atoms with E-state index < -0.39 is 11.6 Å². The third-order valence-electron chi connectivity index (χ3n) is 3.22. The van der Waals surface area contributed by atoms with E-state index in [0.29, 0.717) is 24.3 Å². The SMILES string of the molecule is COc1cccc(CC(=O)NCCc2ccc(F)c(F)c2)c1. The van der Waals surface area contributed by atoms with Crippen molar-refractivity contribution in [2.24, 2.45) is 0 Å². The molecule has 22 heavy (non-hydrogen) atoms. The molecule has 1 amide bonds. The van der Waals surface area contributed by atoms with E-state index in [2.05, 4.69) is 5.32 Å². The maximum atomic E-state index is 13.0. The van der Waals surface area contributed by atoms with Gasteiger partial charge < -0.3 is 10.1 Å². The van der Waals surface area contributed by atoms with Gasteiger partial charge in [0.2, 0.25) is 5.91 Å². The predicted molar refractivity (Wildman–Crippen MR) is 79.8 cm³/mol. The van der Waals surface area contributed by atoms with Gasteiger partial charge in [0.05, 0.1) is 13.5 Å². The Balaban J connectivity index is 1.81. The van der Waals surface area contributed by atoms with Crippen LogP contribution in [0.2, 0.25) is 0 Å². The van der Waals surface area contributed by atoms with Gasteiger partial charge in [-0.25, -0.2) is 8.78 Å². The lowest BCUT2D eigenvalue weighted by Gasteiger charge is -2.07. The molecule has 2 aromatic rings. The number of carbonyl (C=O) groups excluding carboxylic acids is 1. The number of hydrogen-bond donors (Lipinski definition) is 1. The summed E-state index contributed by atoms with van der Waals surface area (Å²) in [5, 5.41) is 2.76. The number of rotatable bonds is 6. The predicted octanol–water partition coefficient (Wildman–Crippen LogP) is 2.87. The molecular formula is C17H17F2NO2. The van der Waals surface area contributed by atoms with Crippen molar-refractivity contribution in [1.82, 2.24) is 5.32 Å². The number of methoxy groups -OCH3 is 1. The van der Waals surface area contributed by atoms with Gasteiger partial charge in [0, 0.05) is 6.54 Å². The number of benzene rings is 2. The van der Waals surface area contributed by atoms with Crippen molar-refractivity contribution in [1.29, 1.82) is 0 Å². The summed E-state index contributed by atoms with van der Waals surface area (Å²) in [7, 11) is 1.57. The Morgan fingerprint density at radius 1 is 1.09 bits per heavy atom. The Hall–Kier alpha value is -2.43. The van der Waals surface area contributed by atoms with Crippen LogP contribution < -0.4 is 10.1 Å². The summed E-state index contributed by atoms with van der Waals surface area (Å²) in [6.45, 7) is 0.369. The summed E-state index contributed by atoms with van der Waals surface area (Å²) in [4.78, 5) is 11.8. The van der Waals surface area contributed by atoms with Crippen molar-refractivity contribution in [2.75, 3.05) is 13.7 Å². The monoisotopic (exact) mass is 305 g/mol. The van der Waals surface area contributed by atoms with E-state index >= 15 is 0 Å². The van der Waals surface area contributed by atoms with Crippen LogP contribution in [-0.2, 0) is 17.6 Å². The molecule has 0 radical (unpaired) electrons. The second-order valence-corrected chi connectivity index (χ2v) is 4.88. The number of halogens is 2. The lowest BCUT2D eigenvalue weighted by molar-refractivity contribution is -0.120. The second kappa shape index (κ2) is 7.54. The van der Waals surface area contributed by atoms with E-state index in [1.165, 1.54) is 6.07 Å². The molecule has 0 aliphatic heterocycles. The quantitative estimate of drug-likeness (QED) is 0.891. The van der Waals surface area contributed by atoms with Gasteiger partial charge in [0.25, 0.3) is 0 Å². The third-order valence-corrected chi connectivity index (χ3v) is 3.22. The highest BCUT2D eigenvalue weighted by atomic mass is 19.2. The maximum absolute atomic E-state index is 13.0. The van der Waals surface area contributed by atoms with Gasteiger partial charge in [-0.3, -0.25) is 4.79 Å². The summed E-state index contributed by atoms with van der Waals surface area (Å²) in [5.74, 6) is -1.17. The van der Waals surface area contributed by atoms with Crippen molar-refractivity contribution >= 4 is 5.91 Å². The second-order valence-electron chi connectivity index (χ2n) is 4.88. The van der Waals surface area contributed by atoms with Crippen LogP contribution in [0.3, 0.4) is 0 Å². The molecule has 0 atom stereocenters. The first-order chi connectivity index (χ1) is 10.6. The van der Waals surface area contributed by atoms with Gasteiger partial charge in [0.1, 0.15) is 5.75 Å². The fourth-order valence-corrected chi connectivity index (χ4v) is 2.07. The van der Waals surface area contributed by atoms with Crippen LogP contribution in [0.4, 0.5) is 8.78 Å². The highest BCUT2D eigenvalue weighted by Crippen LogP contribution is 2.13. The van der Waals surface area contributed by atoms with Crippen LogP contribution in [0.1, 0.15) is 11.1 Å². The molecule has 2 aromatic carbocycles. The number of amides is 1. The molecule has 0 saturated carbocycles. The van der Waals surface area contributed by atoms with Crippen LogP contribution in [0, 0.1) is 11.6 Å². The highest BCUT2D eigenvalue weighted by molar-refractivity contribution is 5.78. The summed E-state index contributed by atoms with van der Waals surface area (Å²) in [6.07, 6.45) is 0.691. The van der Waals surface area contributed by atoms with Gasteiger partial charge in [-0.2, -0.15) is 0 Å². The Bertz CT molecular complexity index is 659. The van der Waals surface area contributed by atoms with Gasteiger partial charge in [-0.15, -0.1) is 0 Å². The molecule has 2 rings (SSSR count). The van der Waals surface area contributed by atoms with E-state index in [1.807, 2.05) is 18.2 Å². The first-order valence-corrected chi connectivity index (χ1v) is 6.92. The van der Waals surface area contributed by atoms with E-state index in [4.69, 9.17) is 4.74 Å². The molecule has 0 heterocycles. The fraction of sp³-hybridized carbons (Fsp3) is 0.235. The van der Waals surface area contributed by atoms with E-state index in [0.717, 1.165) is 17.7 Å². The number of hydrogen-bond acceptors (Lipinski definition) is 2. The molecule has 0 saturated heterocycles. The van der Waals surface area contributed by atoms with Crippen molar-refractivity contribution in [3.8, 4) is 5.75 Å². The zero-order chi connectivity index (χ0) is 15.9. The normalized spacial score (nSPS) is 10.3. The van der Waals surface area contributed by atoms with Crippen molar-refractivity contribution in [3.05, 3.63) is 65.2 Å². The van der Waals surface area contributed by atoms with E-state index in [1.54, 1.807) is 13.2 Å². The molecule has 0 aliphatic rings. The minimum Gasteiger partial charge on any atom is -0.497 e. The van der Waals surface area contributed by atoms with Crippen LogP contribution in [0.15, 0.2) is 42.5 Å². The molecule has 0 bridgehead atoms. The minimum absolute atomic E-state index is 0.129. The van der Waals surface area contributed by atoms with Crippen LogP contribution in [-0.4, -0.2) is 19.6 Å². The zero-order valence-corrected chi connectivity index (χ0v) is 12.2. The Kier molecular flexibility index (Phi) is 5.47. The van der Waals surface area contributed by atoms with Crippen LogP contribution >= 0.6 is 0 Å². The largest absolute Gasteiger partial charge is 0.497 e. The van der Waals surface area contributed by atoms with Crippen molar-refractivity contribution in [2.45, 2.75) is 12.8 Å². The molecule has 0 aliphatic carbocycles. The van der Waals surface area contributed by atoms with E-state index in [-0.39, 0.29) is 12.3 Å². The summed E-state index contributed by atoms with van der Waals surface area (Å²) < 4.78 is 30.9. The molecule has 0 spiro atoms. The smallest absolute Gasteiger partial charge is 0.224 e. The average molecular weight is 305 g/mol. The molecule has 0 fully saturated rings. The summed E-state index contributed by atoms with van der Waals surface area (Å²) >= 11 is 0. The third kappa shape index (κ3) is 4.55. The molecule has 3 nitrogen and oxygen atoms in total. The lowest BCUT2D eigenvalue weighted by Crippen LogP contribution is -2.27. The van der Waals surface area contributed by atoms with Crippen LogP contribution in [0.5, 0.6) is 5.75 Å². The fourth-order valence-electron chi connectivity index (χ4n) is 2.07. The Morgan fingerprint density at radius 2 is 1.91 bits per heavy atom. The van der Waals surface area contributed by atoms with E-state index in [9.17, 15) is 13.6 Å². The van der Waals surface area contributed by atoms with Crippen molar-refractivity contribution < 1.29 is 18.3 Å². The number of carbonyl (C=O) groups is 1. The summed E-state index contributed by atoms with van der Waals surface area (Å²) in [6, 6.07) is 11.0. The number of nitrogens with one attached hydrogen (secondary N) is 1. The lowest BCUT2D eigenvalue weighted by atomic mass is 10.1. The van der Waals surface area contributed by atoms with Gasteiger partial charge >= 0.3 is 0 Å². The molecule has 116 valence electrons. The first-order valence-electron chi connectivity index (χ1n) is 6.92. The van der Waals surface area contributed by atoms with Crippen LogP contribution in [0.25, 0.3) is 0 Å². The molecule has 0 unspecified atom stereocenters. The molecule has 0 aromatic heterocycles.